The highest BCUT2D eigenvalue weighted by molar-refractivity contribution is 5.81. The van der Waals surface area contributed by atoms with Crippen molar-refractivity contribution < 1.29 is 23.4 Å². The first-order valence-electron chi connectivity index (χ1n) is 11.1. The SMILES string of the molecule is CO[C@H]1CCO[C@H](C(=O)N[C@@H](C#N)Cc2cc3c(cc2F)-c2ccc(C#N)cc2CO3)CNC1. The van der Waals surface area contributed by atoms with Crippen molar-refractivity contribution in [3.05, 3.63) is 52.8 Å². The summed E-state index contributed by atoms with van der Waals surface area (Å²) in [5.74, 6) is -0.424. The van der Waals surface area contributed by atoms with E-state index in [4.69, 9.17) is 19.5 Å². The summed E-state index contributed by atoms with van der Waals surface area (Å²) >= 11 is 0. The van der Waals surface area contributed by atoms with Crippen LogP contribution in [0.4, 0.5) is 4.39 Å². The van der Waals surface area contributed by atoms with Crippen LogP contribution in [-0.2, 0) is 27.3 Å². The second-order valence-corrected chi connectivity index (χ2v) is 8.27. The van der Waals surface area contributed by atoms with E-state index in [1.54, 1.807) is 31.4 Å². The number of carbonyl (C=O) groups is 1. The summed E-state index contributed by atoms with van der Waals surface area (Å²) in [4.78, 5) is 12.7. The van der Waals surface area contributed by atoms with Gasteiger partial charge in [0.1, 0.15) is 30.3 Å². The number of rotatable bonds is 5. The molecule has 4 rings (SSSR count). The fourth-order valence-corrected chi connectivity index (χ4v) is 4.14. The zero-order valence-electron chi connectivity index (χ0n) is 18.8. The van der Waals surface area contributed by atoms with E-state index in [0.29, 0.717) is 36.4 Å². The van der Waals surface area contributed by atoms with Gasteiger partial charge in [-0.3, -0.25) is 4.79 Å². The second-order valence-electron chi connectivity index (χ2n) is 8.27. The third-order valence-corrected chi connectivity index (χ3v) is 6.04. The summed E-state index contributed by atoms with van der Waals surface area (Å²) in [6.45, 7) is 1.52. The Hall–Kier alpha value is -3.50. The van der Waals surface area contributed by atoms with Crippen LogP contribution < -0.4 is 15.4 Å². The van der Waals surface area contributed by atoms with E-state index in [-0.39, 0.29) is 31.2 Å². The molecule has 1 amide bonds. The summed E-state index contributed by atoms with van der Waals surface area (Å²) < 4.78 is 31.7. The molecule has 0 bridgehead atoms. The Morgan fingerprint density at radius 3 is 2.91 bits per heavy atom. The highest BCUT2D eigenvalue weighted by atomic mass is 19.1. The van der Waals surface area contributed by atoms with Crippen LogP contribution in [0, 0.1) is 28.5 Å². The molecule has 0 aromatic heterocycles. The molecule has 1 saturated heterocycles. The van der Waals surface area contributed by atoms with Crippen molar-refractivity contribution in [2.75, 3.05) is 26.8 Å². The second kappa shape index (κ2) is 10.6. The minimum Gasteiger partial charge on any atom is -0.488 e. The van der Waals surface area contributed by atoms with Crippen molar-refractivity contribution in [1.82, 2.24) is 10.6 Å². The maximum atomic E-state index is 15.0. The van der Waals surface area contributed by atoms with E-state index in [2.05, 4.69) is 16.7 Å². The summed E-state index contributed by atoms with van der Waals surface area (Å²) in [6.07, 6.45) is -0.0989. The van der Waals surface area contributed by atoms with Gasteiger partial charge in [0, 0.05) is 32.2 Å². The van der Waals surface area contributed by atoms with Crippen molar-refractivity contribution in [1.29, 1.82) is 10.5 Å². The highest BCUT2D eigenvalue weighted by Crippen LogP contribution is 2.39. The molecule has 0 aliphatic carbocycles. The van der Waals surface area contributed by atoms with Gasteiger partial charge in [0.05, 0.1) is 30.4 Å². The number of hydrogen-bond donors (Lipinski definition) is 2. The zero-order chi connectivity index (χ0) is 24.1. The van der Waals surface area contributed by atoms with Crippen LogP contribution in [0.5, 0.6) is 5.75 Å². The first-order valence-corrected chi connectivity index (χ1v) is 11.1. The van der Waals surface area contributed by atoms with Gasteiger partial charge in [-0.2, -0.15) is 10.5 Å². The predicted molar refractivity (Wildman–Crippen MR) is 120 cm³/mol. The molecule has 2 aromatic rings. The molecule has 0 unspecified atom stereocenters. The van der Waals surface area contributed by atoms with Crippen LogP contribution in [0.1, 0.15) is 23.1 Å². The molecule has 2 N–H and O–H groups in total. The van der Waals surface area contributed by atoms with Crippen molar-refractivity contribution in [3.8, 4) is 29.0 Å². The number of halogens is 1. The van der Waals surface area contributed by atoms with Crippen molar-refractivity contribution >= 4 is 5.91 Å². The summed E-state index contributed by atoms with van der Waals surface area (Å²) in [5, 5.41) is 24.5. The molecule has 9 heteroatoms. The van der Waals surface area contributed by atoms with Crippen molar-refractivity contribution in [3.63, 3.8) is 0 Å². The zero-order valence-corrected chi connectivity index (χ0v) is 18.8. The van der Waals surface area contributed by atoms with Gasteiger partial charge in [-0.25, -0.2) is 4.39 Å². The smallest absolute Gasteiger partial charge is 0.251 e. The third kappa shape index (κ3) is 5.18. The number of methoxy groups -OCH3 is 1. The number of nitrogens with zero attached hydrogens (tertiary/aromatic N) is 2. The van der Waals surface area contributed by atoms with Gasteiger partial charge in [0.25, 0.3) is 5.91 Å². The molecule has 2 aliphatic rings. The molecule has 0 spiro atoms. The van der Waals surface area contributed by atoms with Gasteiger partial charge in [0.15, 0.2) is 0 Å². The maximum absolute atomic E-state index is 15.0. The Kier molecular flexibility index (Phi) is 7.39. The number of benzene rings is 2. The largest absolute Gasteiger partial charge is 0.488 e. The van der Waals surface area contributed by atoms with Crippen LogP contribution >= 0.6 is 0 Å². The summed E-state index contributed by atoms with van der Waals surface area (Å²) in [7, 11) is 1.63. The molecule has 3 atom stereocenters. The molecule has 2 heterocycles. The normalized spacial score (nSPS) is 20.2. The quantitative estimate of drug-likeness (QED) is 0.697. The fraction of sp³-hybridized carbons (Fsp3) is 0.400. The lowest BCUT2D eigenvalue weighted by Crippen LogP contribution is -2.49. The molecule has 2 aromatic carbocycles. The van der Waals surface area contributed by atoms with Gasteiger partial charge in [-0.15, -0.1) is 0 Å². The van der Waals surface area contributed by atoms with Gasteiger partial charge >= 0.3 is 0 Å². The average Bonchev–Trinajstić information content (AvgIpc) is 2.83. The van der Waals surface area contributed by atoms with Crippen molar-refractivity contribution in [2.45, 2.75) is 37.7 Å². The lowest BCUT2D eigenvalue weighted by atomic mass is 9.93. The van der Waals surface area contributed by atoms with Crippen LogP contribution in [0.2, 0.25) is 0 Å². The fourth-order valence-electron chi connectivity index (χ4n) is 4.14. The Labute approximate surface area is 197 Å². The van der Waals surface area contributed by atoms with E-state index in [1.807, 2.05) is 6.07 Å². The molecule has 0 saturated carbocycles. The Balaban J connectivity index is 1.45. The monoisotopic (exact) mass is 464 g/mol. The summed E-state index contributed by atoms with van der Waals surface area (Å²) in [5.41, 5.74) is 2.98. The molecule has 1 fully saturated rings. The average molecular weight is 464 g/mol. The first kappa shape index (κ1) is 23.7. The van der Waals surface area contributed by atoms with Crippen LogP contribution in [0.3, 0.4) is 0 Å². The van der Waals surface area contributed by atoms with E-state index >= 15 is 0 Å². The van der Waals surface area contributed by atoms with E-state index in [0.717, 1.165) is 11.1 Å². The number of fused-ring (bicyclic) bond motifs is 3. The van der Waals surface area contributed by atoms with Gasteiger partial charge in [-0.05, 0) is 47.4 Å². The maximum Gasteiger partial charge on any atom is 0.251 e. The number of ether oxygens (including phenoxy) is 3. The molecule has 34 heavy (non-hydrogen) atoms. The Morgan fingerprint density at radius 1 is 1.29 bits per heavy atom. The molecule has 8 nitrogen and oxygen atoms in total. The van der Waals surface area contributed by atoms with E-state index < -0.39 is 23.9 Å². The third-order valence-electron chi connectivity index (χ3n) is 6.04. The van der Waals surface area contributed by atoms with E-state index in [1.165, 1.54) is 6.07 Å². The number of nitrogens with one attached hydrogen (secondary N) is 2. The Morgan fingerprint density at radius 2 is 2.15 bits per heavy atom. The number of carbonyl (C=O) groups excluding carboxylic acids is 1. The van der Waals surface area contributed by atoms with Gasteiger partial charge in [0.2, 0.25) is 0 Å². The lowest BCUT2D eigenvalue weighted by Gasteiger charge is -2.26. The van der Waals surface area contributed by atoms with E-state index in [9.17, 15) is 14.4 Å². The topological polar surface area (TPSA) is 116 Å². The molecule has 2 aliphatic heterocycles. The van der Waals surface area contributed by atoms with Gasteiger partial charge < -0.3 is 24.8 Å². The highest BCUT2D eigenvalue weighted by Gasteiger charge is 2.26. The molecule has 176 valence electrons. The number of hydrogen-bond acceptors (Lipinski definition) is 7. The number of nitriles is 2. The molecular formula is C25H25FN4O4. The molecule has 0 radical (unpaired) electrons. The van der Waals surface area contributed by atoms with Crippen molar-refractivity contribution in [2.24, 2.45) is 0 Å². The Bertz CT molecular complexity index is 1150. The van der Waals surface area contributed by atoms with Crippen LogP contribution in [0.15, 0.2) is 30.3 Å². The van der Waals surface area contributed by atoms with Crippen LogP contribution in [-0.4, -0.2) is 51.0 Å². The van der Waals surface area contributed by atoms with Gasteiger partial charge in [-0.1, -0.05) is 6.07 Å². The molecular weight excluding hydrogens is 439 g/mol. The lowest BCUT2D eigenvalue weighted by molar-refractivity contribution is -0.134. The first-order chi connectivity index (χ1) is 16.5. The number of amides is 1. The minimum atomic E-state index is -0.935. The predicted octanol–water partition coefficient (Wildman–Crippen LogP) is 2.20. The standard InChI is InChI=1S/C25H25FN4O4/c1-32-19-4-5-33-24(13-29-12-19)25(31)30-18(11-28)7-16-8-23-21(9-22(16)26)20-3-2-15(10-27)6-17(20)14-34-23/h2-3,6,8-9,18-19,24,29H,4-5,7,12-14H2,1H3,(H,30,31)/t18-,19+,24+/m1/s1. The summed E-state index contributed by atoms with van der Waals surface area (Å²) in [6, 6.07) is 11.3. The minimum absolute atomic E-state index is 0.0170. The van der Waals surface area contributed by atoms with Crippen LogP contribution in [0.25, 0.3) is 11.1 Å².